The third-order valence-corrected chi connectivity index (χ3v) is 5.82. The van der Waals surface area contributed by atoms with Gasteiger partial charge in [0.05, 0.1) is 19.8 Å². The zero-order chi connectivity index (χ0) is 18.7. The lowest BCUT2D eigenvalue weighted by molar-refractivity contribution is -0.185. The Labute approximate surface area is 161 Å². The van der Waals surface area contributed by atoms with E-state index < -0.39 is 0 Å². The maximum atomic E-state index is 12.4. The lowest BCUT2D eigenvalue weighted by atomic mass is 10.0. The molecule has 1 spiro atoms. The van der Waals surface area contributed by atoms with Crippen LogP contribution in [0.5, 0.6) is 0 Å². The van der Waals surface area contributed by atoms with E-state index in [1.807, 2.05) is 12.1 Å². The first-order chi connectivity index (χ1) is 13.1. The number of hydrogen-bond donors (Lipinski definition) is 1. The number of likely N-dealkylation sites (tertiary alicyclic amines) is 1. The highest BCUT2D eigenvalue weighted by atomic mass is 16.7. The summed E-state index contributed by atoms with van der Waals surface area (Å²) < 4.78 is 11.5. The highest BCUT2D eigenvalue weighted by Gasteiger charge is 2.39. The minimum Gasteiger partial charge on any atom is -0.369 e. The molecule has 0 unspecified atom stereocenters. The van der Waals surface area contributed by atoms with Crippen LogP contribution in [-0.4, -0.2) is 87.6 Å². The van der Waals surface area contributed by atoms with E-state index in [4.69, 9.17) is 9.47 Å². The second kappa shape index (κ2) is 8.14. The van der Waals surface area contributed by atoms with Crippen LogP contribution in [0.25, 0.3) is 0 Å². The number of hydrogen-bond acceptors (Lipinski definition) is 6. The van der Waals surface area contributed by atoms with Crippen molar-refractivity contribution < 1.29 is 14.3 Å². The monoisotopic (exact) mass is 374 g/mol. The molecule has 0 atom stereocenters. The van der Waals surface area contributed by atoms with E-state index in [-0.39, 0.29) is 11.7 Å². The molecule has 1 aromatic rings. The Balaban J connectivity index is 1.24. The molecule has 0 aliphatic carbocycles. The minimum atomic E-state index is -0.383. The van der Waals surface area contributed by atoms with E-state index in [2.05, 4.69) is 39.2 Å². The summed E-state index contributed by atoms with van der Waals surface area (Å²) in [5.74, 6) is -0.349. The quantitative estimate of drug-likeness (QED) is 0.855. The van der Waals surface area contributed by atoms with Crippen molar-refractivity contribution in [1.29, 1.82) is 0 Å². The predicted octanol–water partition coefficient (Wildman–Crippen LogP) is 1.22. The van der Waals surface area contributed by atoms with Crippen molar-refractivity contribution >= 4 is 17.3 Å². The summed E-state index contributed by atoms with van der Waals surface area (Å²) in [6, 6.07) is 8.19. The van der Waals surface area contributed by atoms with Gasteiger partial charge in [0.15, 0.2) is 5.79 Å². The molecule has 148 valence electrons. The summed E-state index contributed by atoms with van der Waals surface area (Å²) in [6.07, 6.45) is 1.67. The molecule has 3 heterocycles. The largest absolute Gasteiger partial charge is 0.369 e. The summed E-state index contributed by atoms with van der Waals surface area (Å²) in [4.78, 5) is 19.3. The Kier molecular flexibility index (Phi) is 5.63. The molecule has 1 aromatic carbocycles. The summed E-state index contributed by atoms with van der Waals surface area (Å²) in [5, 5.41) is 3.02. The van der Waals surface area contributed by atoms with Crippen LogP contribution in [0.15, 0.2) is 24.3 Å². The second-order valence-corrected chi connectivity index (χ2v) is 7.77. The molecular weight excluding hydrogens is 344 g/mol. The van der Waals surface area contributed by atoms with Gasteiger partial charge in [0.1, 0.15) is 0 Å². The highest BCUT2D eigenvalue weighted by Crippen LogP contribution is 2.31. The van der Waals surface area contributed by atoms with Crippen molar-refractivity contribution in [1.82, 2.24) is 9.80 Å². The fourth-order valence-corrected chi connectivity index (χ4v) is 4.06. The first kappa shape index (κ1) is 18.7. The van der Waals surface area contributed by atoms with E-state index in [9.17, 15) is 4.79 Å². The molecular formula is C20H30N4O3. The molecule has 1 N–H and O–H groups in total. The van der Waals surface area contributed by atoms with Crippen LogP contribution in [0.2, 0.25) is 0 Å². The summed E-state index contributed by atoms with van der Waals surface area (Å²) in [6.45, 7) is 7.71. The number of benzene rings is 1. The van der Waals surface area contributed by atoms with Gasteiger partial charge in [-0.25, -0.2) is 0 Å². The Morgan fingerprint density at radius 2 is 1.63 bits per heavy atom. The molecule has 4 rings (SSSR count). The Morgan fingerprint density at radius 3 is 2.26 bits per heavy atom. The molecule has 27 heavy (non-hydrogen) atoms. The smallest absolute Gasteiger partial charge is 0.238 e. The molecule has 7 nitrogen and oxygen atoms in total. The molecule has 3 fully saturated rings. The van der Waals surface area contributed by atoms with Crippen LogP contribution in [0, 0.1) is 0 Å². The van der Waals surface area contributed by atoms with E-state index >= 15 is 0 Å². The van der Waals surface area contributed by atoms with Crippen molar-refractivity contribution in [3.63, 3.8) is 0 Å². The molecule has 0 radical (unpaired) electrons. The first-order valence-corrected chi connectivity index (χ1v) is 9.96. The number of piperidine rings is 1. The molecule has 7 heteroatoms. The van der Waals surface area contributed by atoms with Gasteiger partial charge in [-0.2, -0.15) is 0 Å². The van der Waals surface area contributed by atoms with Crippen LogP contribution < -0.4 is 10.2 Å². The molecule has 0 bridgehead atoms. The fourth-order valence-electron chi connectivity index (χ4n) is 4.06. The van der Waals surface area contributed by atoms with E-state index in [1.54, 1.807) is 0 Å². The lowest BCUT2D eigenvalue weighted by Crippen LogP contribution is -2.47. The number of carbonyl (C=O) groups excluding carboxylic acids is 1. The van der Waals surface area contributed by atoms with Gasteiger partial charge in [-0.3, -0.25) is 9.69 Å². The predicted molar refractivity (Wildman–Crippen MR) is 105 cm³/mol. The number of rotatable bonds is 4. The highest BCUT2D eigenvalue weighted by molar-refractivity contribution is 5.92. The van der Waals surface area contributed by atoms with Crippen molar-refractivity contribution in [2.75, 3.05) is 76.3 Å². The van der Waals surface area contributed by atoms with Gasteiger partial charge >= 0.3 is 0 Å². The minimum absolute atomic E-state index is 0.0338. The topological polar surface area (TPSA) is 57.3 Å². The van der Waals surface area contributed by atoms with Crippen LogP contribution in [0.3, 0.4) is 0 Å². The molecule has 3 saturated heterocycles. The van der Waals surface area contributed by atoms with E-state index in [0.29, 0.717) is 19.8 Å². The number of anilines is 2. The standard InChI is InChI=1S/C20H30N4O3/c1-22-10-12-24(13-11-22)18-4-2-17(3-5-18)21-19(25)16-23-8-6-20(7-9-23)26-14-15-27-20/h2-5H,6-16H2,1H3,(H,21,25). The maximum absolute atomic E-state index is 12.4. The van der Waals surface area contributed by atoms with E-state index in [1.165, 1.54) is 5.69 Å². The molecule has 0 aromatic heterocycles. The summed E-state index contributed by atoms with van der Waals surface area (Å²) in [5.41, 5.74) is 2.08. The number of nitrogens with zero attached hydrogens (tertiary/aromatic N) is 3. The molecule has 0 saturated carbocycles. The van der Waals surface area contributed by atoms with Crippen molar-refractivity contribution in [2.24, 2.45) is 0 Å². The number of likely N-dealkylation sites (N-methyl/N-ethyl adjacent to an activating group) is 1. The zero-order valence-electron chi connectivity index (χ0n) is 16.2. The zero-order valence-corrected chi connectivity index (χ0v) is 16.2. The summed E-state index contributed by atoms with van der Waals surface area (Å²) >= 11 is 0. The molecule has 3 aliphatic rings. The van der Waals surface area contributed by atoms with Gasteiger partial charge in [-0.15, -0.1) is 0 Å². The van der Waals surface area contributed by atoms with Gasteiger partial charge < -0.3 is 24.6 Å². The number of piperazine rings is 1. The maximum Gasteiger partial charge on any atom is 0.238 e. The van der Waals surface area contributed by atoms with Crippen LogP contribution in [-0.2, 0) is 14.3 Å². The SMILES string of the molecule is CN1CCN(c2ccc(NC(=O)CN3CCC4(CC3)OCCO4)cc2)CC1. The average molecular weight is 374 g/mol. The Bertz CT molecular complexity index is 627. The van der Waals surface area contributed by atoms with Crippen LogP contribution in [0.1, 0.15) is 12.8 Å². The van der Waals surface area contributed by atoms with Gasteiger partial charge in [-0.05, 0) is 31.3 Å². The van der Waals surface area contributed by atoms with Gasteiger partial charge in [0.2, 0.25) is 5.91 Å². The lowest BCUT2D eigenvalue weighted by Gasteiger charge is -2.37. The number of carbonyl (C=O) groups is 1. The van der Waals surface area contributed by atoms with Crippen LogP contribution in [0.4, 0.5) is 11.4 Å². The third kappa shape index (κ3) is 4.60. The number of nitrogens with one attached hydrogen (secondary N) is 1. The molecule has 3 aliphatic heterocycles. The first-order valence-electron chi connectivity index (χ1n) is 9.96. The van der Waals surface area contributed by atoms with Gasteiger partial charge in [0, 0.05) is 63.5 Å². The Morgan fingerprint density at radius 1 is 1.00 bits per heavy atom. The summed E-state index contributed by atoms with van der Waals surface area (Å²) in [7, 11) is 2.16. The van der Waals surface area contributed by atoms with Crippen molar-refractivity contribution in [3.8, 4) is 0 Å². The Hall–Kier alpha value is -1.67. The van der Waals surface area contributed by atoms with E-state index in [0.717, 1.165) is 57.8 Å². The average Bonchev–Trinajstić information content (AvgIpc) is 3.13. The van der Waals surface area contributed by atoms with Crippen molar-refractivity contribution in [2.45, 2.75) is 18.6 Å². The van der Waals surface area contributed by atoms with Gasteiger partial charge in [0.25, 0.3) is 0 Å². The fraction of sp³-hybridized carbons (Fsp3) is 0.650. The number of ether oxygens (including phenoxy) is 2. The molecule has 1 amide bonds. The van der Waals surface area contributed by atoms with Crippen molar-refractivity contribution in [3.05, 3.63) is 24.3 Å². The second-order valence-electron chi connectivity index (χ2n) is 7.77. The third-order valence-electron chi connectivity index (χ3n) is 5.82. The number of amides is 1. The van der Waals surface area contributed by atoms with Crippen LogP contribution >= 0.6 is 0 Å². The van der Waals surface area contributed by atoms with Gasteiger partial charge in [-0.1, -0.05) is 0 Å². The normalized spacial score (nSPS) is 23.7.